The van der Waals surface area contributed by atoms with Crippen LogP contribution in [0.2, 0.25) is 5.02 Å². The number of ether oxygens (including phenoxy) is 3. The molecule has 0 saturated heterocycles. The van der Waals surface area contributed by atoms with E-state index in [1.54, 1.807) is 48.5 Å². The summed E-state index contributed by atoms with van der Waals surface area (Å²) in [7, 11) is 3.02. The van der Waals surface area contributed by atoms with E-state index in [1.165, 1.54) is 26.4 Å². The first-order valence-electron chi connectivity index (χ1n) is 12.4. The highest BCUT2D eigenvalue weighted by molar-refractivity contribution is 6.30. The van der Waals surface area contributed by atoms with Gasteiger partial charge in [0.15, 0.2) is 11.2 Å². The molecule has 2 aliphatic rings. The lowest BCUT2D eigenvalue weighted by atomic mass is 9.71. The zero-order chi connectivity index (χ0) is 27.2. The fourth-order valence-corrected chi connectivity index (χ4v) is 6.10. The summed E-state index contributed by atoms with van der Waals surface area (Å²) in [4.78, 5) is 13.0. The molecule has 1 fully saturated rings. The molecular formula is C29H30ClFN2O5. The topological polar surface area (TPSA) is 89.0 Å². The summed E-state index contributed by atoms with van der Waals surface area (Å²) < 4.78 is 32.5. The second-order valence-electron chi connectivity index (χ2n) is 9.98. The van der Waals surface area contributed by atoms with Crippen LogP contribution in [-0.2, 0) is 11.2 Å². The second-order valence-corrected chi connectivity index (χ2v) is 10.4. The van der Waals surface area contributed by atoms with E-state index >= 15 is 0 Å². The number of aliphatic hydroxyl groups is 1. The van der Waals surface area contributed by atoms with Gasteiger partial charge in [-0.2, -0.15) is 0 Å². The molecule has 200 valence electrons. The van der Waals surface area contributed by atoms with Gasteiger partial charge >= 0.3 is 6.03 Å². The molecule has 0 radical (unpaired) electrons. The van der Waals surface area contributed by atoms with Gasteiger partial charge in [-0.15, -0.1) is 0 Å². The van der Waals surface area contributed by atoms with E-state index in [1.807, 2.05) is 13.8 Å². The third-order valence-corrected chi connectivity index (χ3v) is 7.68. The molecule has 3 aromatic carbocycles. The number of carbonyl (C=O) groups excluding carboxylic acids is 1. The van der Waals surface area contributed by atoms with E-state index < -0.39 is 35.0 Å². The maximum atomic E-state index is 14.5. The summed E-state index contributed by atoms with van der Waals surface area (Å²) in [6.45, 7) is 3.69. The Labute approximate surface area is 225 Å². The SMILES string of the molecule is COc1cc(OC)c2c(c1)O[C@@]1(c3ccc(Cl)cc3)[C@H](c3cccc(F)c3)C[C@H](NC(=O)NC(C)C)[C@@]21O. The zero-order valence-electron chi connectivity index (χ0n) is 21.5. The van der Waals surface area contributed by atoms with E-state index in [0.717, 1.165) is 0 Å². The minimum atomic E-state index is -1.82. The van der Waals surface area contributed by atoms with Crippen LogP contribution in [-0.4, -0.2) is 37.4 Å². The van der Waals surface area contributed by atoms with Crippen molar-refractivity contribution in [1.29, 1.82) is 0 Å². The van der Waals surface area contributed by atoms with Crippen molar-refractivity contribution >= 4 is 17.6 Å². The van der Waals surface area contributed by atoms with Crippen LogP contribution in [0.15, 0.2) is 60.7 Å². The Morgan fingerprint density at radius 3 is 2.50 bits per heavy atom. The molecule has 7 nitrogen and oxygen atoms in total. The quantitative estimate of drug-likeness (QED) is 0.398. The Balaban J connectivity index is 1.80. The standard InChI is InChI=1S/C29H30ClFN2O5/c1-16(2)32-27(34)33-25-15-22(17-6-5-7-20(31)12-17)29(18-8-10-19(30)11-9-18)28(25,35)26-23(37-4)13-21(36-3)14-24(26)38-29/h5-14,16,22,25,35H,15H2,1-4H3,(H2,32,33,34)/t22-,25-,28+,29-/m0/s1. The first kappa shape index (κ1) is 26.1. The van der Waals surface area contributed by atoms with Crippen LogP contribution in [0.4, 0.5) is 9.18 Å². The molecular weight excluding hydrogens is 511 g/mol. The number of hydrogen-bond acceptors (Lipinski definition) is 5. The van der Waals surface area contributed by atoms with Gasteiger partial charge in [0.1, 0.15) is 23.1 Å². The Bertz CT molecular complexity index is 1370. The number of halogens is 2. The van der Waals surface area contributed by atoms with Gasteiger partial charge in [0, 0.05) is 29.1 Å². The van der Waals surface area contributed by atoms with Gasteiger partial charge < -0.3 is 30.0 Å². The fraction of sp³-hybridized carbons (Fsp3) is 0.345. The summed E-state index contributed by atoms with van der Waals surface area (Å²) in [6, 6.07) is 15.2. The molecule has 9 heteroatoms. The minimum Gasteiger partial charge on any atom is -0.496 e. The van der Waals surface area contributed by atoms with E-state index in [0.29, 0.717) is 39.0 Å². The number of carbonyl (C=O) groups is 1. The Hall–Kier alpha value is -3.49. The minimum absolute atomic E-state index is 0.128. The summed E-state index contributed by atoms with van der Waals surface area (Å²) in [5, 5.41) is 19.3. The second kappa shape index (κ2) is 9.67. The molecule has 3 aromatic rings. The van der Waals surface area contributed by atoms with Gasteiger partial charge in [-0.1, -0.05) is 35.9 Å². The third kappa shape index (κ3) is 3.94. The Morgan fingerprint density at radius 1 is 1.13 bits per heavy atom. The van der Waals surface area contributed by atoms with Crippen LogP contribution in [0.1, 0.15) is 42.9 Å². The van der Waals surface area contributed by atoms with Crippen LogP contribution in [0.5, 0.6) is 17.2 Å². The van der Waals surface area contributed by atoms with Crippen molar-refractivity contribution in [3.05, 3.63) is 88.2 Å². The van der Waals surface area contributed by atoms with Gasteiger partial charge in [0.25, 0.3) is 0 Å². The highest BCUT2D eigenvalue weighted by atomic mass is 35.5. The number of urea groups is 1. The molecule has 5 rings (SSSR count). The van der Waals surface area contributed by atoms with Crippen molar-refractivity contribution in [2.75, 3.05) is 14.2 Å². The summed E-state index contributed by atoms with van der Waals surface area (Å²) in [5.74, 6) is 0.169. The Morgan fingerprint density at radius 2 is 1.87 bits per heavy atom. The molecule has 0 aromatic heterocycles. The van der Waals surface area contributed by atoms with Crippen LogP contribution in [0.3, 0.4) is 0 Å². The molecule has 2 amide bonds. The maximum absolute atomic E-state index is 14.5. The van der Waals surface area contributed by atoms with Gasteiger partial charge in [-0.05, 0) is 55.7 Å². The number of fused-ring (bicyclic) bond motifs is 3. The molecule has 38 heavy (non-hydrogen) atoms. The van der Waals surface area contributed by atoms with E-state index in [9.17, 15) is 14.3 Å². The predicted molar refractivity (Wildman–Crippen MR) is 142 cm³/mol. The smallest absolute Gasteiger partial charge is 0.315 e. The molecule has 3 N–H and O–H groups in total. The highest BCUT2D eigenvalue weighted by Gasteiger charge is 2.74. The predicted octanol–water partition coefficient (Wildman–Crippen LogP) is 5.24. The van der Waals surface area contributed by atoms with Crippen LogP contribution in [0.25, 0.3) is 0 Å². The van der Waals surface area contributed by atoms with Crippen molar-refractivity contribution < 1.29 is 28.5 Å². The number of methoxy groups -OCH3 is 2. The number of nitrogens with one attached hydrogen (secondary N) is 2. The molecule has 1 saturated carbocycles. The number of benzene rings is 3. The molecule has 1 heterocycles. The molecule has 1 aliphatic carbocycles. The lowest BCUT2D eigenvalue weighted by Crippen LogP contribution is -2.58. The molecule has 4 atom stereocenters. The van der Waals surface area contributed by atoms with Gasteiger partial charge in [0.2, 0.25) is 0 Å². The summed E-state index contributed by atoms with van der Waals surface area (Å²) in [5.41, 5.74) is -1.68. The van der Waals surface area contributed by atoms with E-state index in [-0.39, 0.29) is 12.5 Å². The lowest BCUT2D eigenvalue weighted by molar-refractivity contribution is -0.116. The van der Waals surface area contributed by atoms with E-state index in [2.05, 4.69) is 10.6 Å². The normalized spacial score (nSPS) is 25.4. The first-order valence-corrected chi connectivity index (χ1v) is 12.8. The Kier molecular flexibility index (Phi) is 6.65. The molecule has 1 aliphatic heterocycles. The number of rotatable bonds is 6. The van der Waals surface area contributed by atoms with Crippen molar-refractivity contribution in [1.82, 2.24) is 10.6 Å². The average molecular weight is 541 g/mol. The van der Waals surface area contributed by atoms with Crippen LogP contribution in [0, 0.1) is 5.82 Å². The van der Waals surface area contributed by atoms with E-state index in [4.69, 9.17) is 25.8 Å². The fourth-order valence-electron chi connectivity index (χ4n) is 5.98. The molecule has 0 bridgehead atoms. The van der Waals surface area contributed by atoms with Gasteiger partial charge in [-0.25, -0.2) is 9.18 Å². The van der Waals surface area contributed by atoms with Gasteiger partial charge in [0.05, 0.1) is 25.8 Å². The highest BCUT2D eigenvalue weighted by Crippen LogP contribution is 2.68. The third-order valence-electron chi connectivity index (χ3n) is 7.43. The largest absolute Gasteiger partial charge is 0.496 e. The van der Waals surface area contributed by atoms with Crippen molar-refractivity contribution in [3.8, 4) is 17.2 Å². The summed E-state index contributed by atoms with van der Waals surface area (Å²) in [6.07, 6.45) is 0.253. The van der Waals surface area contributed by atoms with Gasteiger partial charge in [-0.3, -0.25) is 0 Å². The zero-order valence-corrected chi connectivity index (χ0v) is 22.3. The van der Waals surface area contributed by atoms with Crippen LogP contribution < -0.4 is 24.8 Å². The van der Waals surface area contributed by atoms with Crippen molar-refractivity contribution in [2.45, 2.75) is 49.5 Å². The molecule has 0 spiro atoms. The number of amides is 2. The average Bonchev–Trinajstić information content (AvgIpc) is 3.28. The number of hydrogen-bond donors (Lipinski definition) is 3. The molecule has 0 unspecified atom stereocenters. The van der Waals surface area contributed by atoms with Crippen molar-refractivity contribution in [2.24, 2.45) is 0 Å². The van der Waals surface area contributed by atoms with Crippen molar-refractivity contribution in [3.63, 3.8) is 0 Å². The van der Waals surface area contributed by atoms with Crippen LogP contribution >= 0.6 is 11.6 Å². The monoisotopic (exact) mass is 540 g/mol. The summed E-state index contributed by atoms with van der Waals surface area (Å²) >= 11 is 6.24. The maximum Gasteiger partial charge on any atom is 0.315 e. The lowest BCUT2D eigenvalue weighted by Gasteiger charge is -2.41. The first-order chi connectivity index (χ1) is 18.1.